The molecule has 0 unspecified atom stereocenters. The van der Waals surface area contributed by atoms with Crippen LogP contribution in [-0.2, 0) is 0 Å². The molecule has 0 aliphatic heterocycles. The zero-order valence-electron chi connectivity index (χ0n) is 7.38. The SMILES string of the molecule is CCCSCC(=O)c1cscc1Br. The molecule has 1 aromatic heterocycles. The van der Waals surface area contributed by atoms with Crippen LogP contribution in [0.15, 0.2) is 15.2 Å². The van der Waals surface area contributed by atoms with Crippen LogP contribution in [0.4, 0.5) is 0 Å². The molecule has 0 saturated carbocycles. The highest BCUT2D eigenvalue weighted by Gasteiger charge is 2.09. The number of Topliss-reactive ketones (excluding diaryl/α,β-unsaturated/α-hetero) is 1. The van der Waals surface area contributed by atoms with Crippen LogP contribution in [0.5, 0.6) is 0 Å². The summed E-state index contributed by atoms with van der Waals surface area (Å²) in [6.07, 6.45) is 1.13. The average molecular weight is 279 g/mol. The van der Waals surface area contributed by atoms with Gasteiger partial charge in [-0.3, -0.25) is 4.79 Å². The fourth-order valence-corrected chi connectivity index (χ4v) is 3.16. The van der Waals surface area contributed by atoms with E-state index in [1.54, 1.807) is 23.1 Å². The number of rotatable bonds is 5. The maximum Gasteiger partial charge on any atom is 0.174 e. The molecule has 1 nitrogen and oxygen atoms in total. The number of ketones is 1. The maximum absolute atomic E-state index is 11.6. The first kappa shape index (κ1) is 11.3. The Morgan fingerprint density at radius 3 is 2.92 bits per heavy atom. The van der Waals surface area contributed by atoms with Gasteiger partial charge in [-0.05, 0) is 28.1 Å². The van der Waals surface area contributed by atoms with Gasteiger partial charge >= 0.3 is 0 Å². The van der Waals surface area contributed by atoms with Crippen LogP contribution >= 0.6 is 39.0 Å². The van der Waals surface area contributed by atoms with E-state index in [0.717, 1.165) is 22.2 Å². The molecule has 0 spiro atoms. The third kappa shape index (κ3) is 3.44. The van der Waals surface area contributed by atoms with Crippen LogP contribution in [0.1, 0.15) is 23.7 Å². The number of thiophene rings is 1. The molecule has 72 valence electrons. The number of hydrogen-bond donors (Lipinski definition) is 0. The van der Waals surface area contributed by atoms with Gasteiger partial charge in [0.1, 0.15) is 0 Å². The molecule has 0 aliphatic carbocycles. The Morgan fingerprint density at radius 1 is 1.62 bits per heavy atom. The van der Waals surface area contributed by atoms with Crippen molar-refractivity contribution in [3.63, 3.8) is 0 Å². The number of thioether (sulfide) groups is 1. The van der Waals surface area contributed by atoms with Gasteiger partial charge < -0.3 is 0 Å². The summed E-state index contributed by atoms with van der Waals surface area (Å²) in [7, 11) is 0. The fraction of sp³-hybridized carbons (Fsp3) is 0.444. The fourth-order valence-electron chi connectivity index (χ4n) is 0.867. The van der Waals surface area contributed by atoms with Gasteiger partial charge in [0.25, 0.3) is 0 Å². The van der Waals surface area contributed by atoms with Gasteiger partial charge in [0, 0.05) is 20.8 Å². The van der Waals surface area contributed by atoms with Crippen LogP contribution in [-0.4, -0.2) is 17.3 Å². The summed E-state index contributed by atoms with van der Waals surface area (Å²) in [6.45, 7) is 2.12. The number of carbonyl (C=O) groups is 1. The van der Waals surface area contributed by atoms with Crippen molar-refractivity contribution in [1.82, 2.24) is 0 Å². The van der Waals surface area contributed by atoms with Crippen molar-refractivity contribution < 1.29 is 4.79 Å². The van der Waals surface area contributed by atoms with Gasteiger partial charge in [-0.15, -0.1) is 0 Å². The predicted molar refractivity (Wildman–Crippen MR) is 64.0 cm³/mol. The van der Waals surface area contributed by atoms with Crippen molar-refractivity contribution in [3.8, 4) is 0 Å². The van der Waals surface area contributed by atoms with Gasteiger partial charge in [-0.1, -0.05) is 6.92 Å². The predicted octanol–water partition coefficient (Wildman–Crippen LogP) is 3.84. The van der Waals surface area contributed by atoms with E-state index < -0.39 is 0 Å². The molecule has 0 N–H and O–H groups in total. The van der Waals surface area contributed by atoms with Crippen molar-refractivity contribution >= 4 is 44.8 Å². The minimum Gasteiger partial charge on any atom is -0.293 e. The van der Waals surface area contributed by atoms with E-state index in [1.165, 1.54) is 0 Å². The lowest BCUT2D eigenvalue weighted by atomic mass is 10.2. The normalized spacial score (nSPS) is 10.3. The molecule has 0 amide bonds. The molecule has 0 atom stereocenters. The van der Waals surface area contributed by atoms with E-state index in [-0.39, 0.29) is 5.78 Å². The lowest BCUT2D eigenvalue weighted by molar-refractivity contribution is 0.102. The Kier molecular flexibility index (Phi) is 5.06. The van der Waals surface area contributed by atoms with Crippen molar-refractivity contribution in [1.29, 1.82) is 0 Å². The van der Waals surface area contributed by atoms with Gasteiger partial charge in [-0.2, -0.15) is 23.1 Å². The highest BCUT2D eigenvalue weighted by Crippen LogP contribution is 2.22. The van der Waals surface area contributed by atoms with E-state index >= 15 is 0 Å². The highest BCUT2D eigenvalue weighted by molar-refractivity contribution is 9.10. The highest BCUT2D eigenvalue weighted by atomic mass is 79.9. The smallest absolute Gasteiger partial charge is 0.174 e. The molecule has 1 heterocycles. The second-order valence-electron chi connectivity index (χ2n) is 2.61. The average Bonchev–Trinajstić information content (AvgIpc) is 2.52. The zero-order chi connectivity index (χ0) is 9.68. The summed E-state index contributed by atoms with van der Waals surface area (Å²) in [4.78, 5) is 11.6. The summed E-state index contributed by atoms with van der Waals surface area (Å²) in [6, 6.07) is 0. The first-order valence-electron chi connectivity index (χ1n) is 4.08. The summed E-state index contributed by atoms with van der Waals surface area (Å²) < 4.78 is 0.930. The van der Waals surface area contributed by atoms with Gasteiger partial charge in [0.2, 0.25) is 0 Å². The van der Waals surface area contributed by atoms with Gasteiger partial charge in [0.15, 0.2) is 5.78 Å². The lowest BCUT2D eigenvalue weighted by Gasteiger charge is -1.98. The van der Waals surface area contributed by atoms with Crippen molar-refractivity contribution in [2.75, 3.05) is 11.5 Å². The molecular formula is C9H11BrOS2. The van der Waals surface area contributed by atoms with Crippen LogP contribution in [0, 0.1) is 0 Å². The van der Waals surface area contributed by atoms with Crippen LogP contribution in [0.25, 0.3) is 0 Å². The summed E-state index contributed by atoms with van der Waals surface area (Å²) >= 11 is 6.62. The quantitative estimate of drug-likeness (QED) is 0.601. The minimum atomic E-state index is 0.228. The minimum absolute atomic E-state index is 0.228. The van der Waals surface area contributed by atoms with Gasteiger partial charge in [0.05, 0.1) is 5.75 Å². The lowest BCUT2D eigenvalue weighted by Crippen LogP contribution is -2.01. The first-order valence-corrected chi connectivity index (χ1v) is 6.97. The van der Waals surface area contributed by atoms with Crippen LogP contribution < -0.4 is 0 Å². The largest absolute Gasteiger partial charge is 0.293 e. The number of halogens is 1. The Morgan fingerprint density at radius 2 is 2.38 bits per heavy atom. The Balaban J connectivity index is 2.45. The van der Waals surface area contributed by atoms with E-state index in [4.69, 9.17) is 0 Å². The molecule has 1 aromatic rings. The van der Waals surface area contributed by atoms with Crippen molar-refractivity contribution in [2.24, 2.45) is 0 Å². The van der Waals surface area contributed by atoms with Crippen molar-refractivity contribution in [3.05, 3.63) is 20.8 Å². The second kappa shape index (κ2) is 5.83. The summed E-state index contributed by atoms with van der Waals surface area (Å²) in [5, 5.41) is 3.84. The molecule has 0 saturated heterocycles. The van der Waals surface area contributed by atoms with Crippen molar-refractivity contribution in [2.45, 2.75) is 13.3 Å². The van der Waals surface area contributed by atoms with E-state index in [9.17, 15) is 4.79 Å². The third-order valence-corrected chi connectivity index (χ3v) is 4.36. The molecule has 1 rings (SSSR count). The molecule has 0 aliphatic rings. The molecule has 0 radical (unpaired) electrons. The number of carbonyl (C=O) groups excluding carboxylic acids is 1. The van der Waals surface area contributed by atoms with Crippen LogP contribution in [0.2, 0.25) is 0 Å². The molecule has 13 heavy (non-hydrogen) atoms. The van der Waals surface area contributed by atoms with Crippen LogP contribution in [0.3, 0.4) is 0 Å². The Bertz CT molecular complexity index is 283. The molecular weight excluding hydrogens is 268 g/mol. The Labute approximate surface area is 95.0 Å². The summed E-state index contributed by atoms with van der Waals surface area (Å²) in [5.41, 5.74) is 0.827. The Hall–Kier alpha value is 0.200. The molecule has 0 fully saturated rings. The number of hydrogen-bond acceptors (Lipinski definition) is 3. The standard InChI is InChI=1S/C9H11BrOS2/c1-2-3-12-6-9(11)7-4-13-5-8(7)10/h4-5H,2-3,6H2,1H3. The topological polar surface area (TPSA) is 17.1 Å². The molecule has 0 bridgehead atoms. The summed E-state index contributed by atoms with van der Waals surface area (Å²) in [5.74, 6) is 1.89. The molecule has 4 heteroatoms. The zero-order valence-corrected chi connectivity index (χ0v) is 10.6. The molecule has 0 aromatic carbocycles. The van der Waals surface area contributed by atoms with E-state index in [1.807, 2.05) is 10.8 Å². The first-order chi connectivity index (χ1) is 6.25. The van der Waals surface area contributed by atoms with E-state index in [2.05, 4.69) is 22.9 Å². The maximum atomic E-state index is 11.6. The monoisotopic (exact) mass is 278 g/mol. The van der Waals surface area contributed by atoms with Gasteiger partial charge in [-0.25, -0.2) is 0 Å². The van der Waals surface area contributed by atoms with E-state index in [0.29, 0.717) is 5.75 Å². The third-order valence-electron chi connectivity index (χ3n) is 1.50. The second-order valence-corrected chi connectivity index (χ2v) is 5.31.